The smallest absolute Gasteiger partial charge is 0.156 e. The Morgan fingerprint density at radius 2 is 2.00 bits per heavy atom. The van der Waals surface area contributed by atoms with E-state index in [-0.39, 0.29) is 0 Å². The largest absolute Gasteiger partial charge is 0.232 e. The van der Waals surface area contributed by atoms with Gasteiger partial charge >= 0.3 is 0 Å². The Hall–Kier alpha value is -1.38. The van der Waals surface area contributed by atoms with Crippen LogP contribution in [0.3, 0.4) is 0 Å². The van der Waals surface area contributed by atoms with Crippen molar-refractivity contribution in [3.05, 3.63) is 29.2 Å². The monoisotopic (exact) mass is 189 g/mol. The minimum Gasteiger partial charge on any atom is -0.232 e. The Morgan fingerprint density at radius 3 is 2.64 bits per heavy atom. The van der Waals surface area contributed by atoms with E-state index in [1.54, 1.807) is 0 Å². The molecule has 0 bridgehead atoms. The summed E-state index contributed by atoms with van der Waals surface area (Å²) in [6.07, 6.45) is 1.83. The summed E-state index contributed by atoms with van der Waals surface area (Å²) in [4.78, 5) is 4.53. The van der Waals surface area contributed by atoms with Crippen molar-refractivity contribution in [3.8, 4) is 0 Å². The number of hydrogen-bond acceptors (Lipinski definition) is 2. The van der Waals surface area contributed by atoms with E-state index in [2.05, 4.69) is 30.9 Å². The van der Waals surface area contributed by atoms with Gasteiger partial charge in [0.15, 0.2) is 5.65 Å². The van der Waals surface area contributed by atoms with Gasteiger partial charge in [0, 0.05) is 6.20 Å². The van der Waals surface area contributed by atoms with Gasteiger partial charge in [0.2, 0.25) is 0 Å². The van der Waals surface area contributed by atoms with Crippen LogP contribution in [0.5, 0.6) is 0 Å². The SMILES string of the molecule is Cc1nc2c(C)ccnn2c1C(C)C. The van der Waals surface area contributed by atoms with Crippen molar-refractivity contribution in [3.63, 3.8) is 0 Å². The van der Waals surface area contributed by atoms with Gasteiger partial charge in [-0.05, 0) is 31.4 Å². The van der Waals surface area contributed by atoms with Crippen LogP contribution in [-0.2, 0) is 0 Å². The predicted octanol–water partition coefficient (Wildman–Crippen LogP) is 2.47. The topological polar surface area (TPSA) is 30.2 Å². The molecular weight excluding hydrogens is 174 g/mol. The molecule has 0 radical (unpaired) electrons. The lowest BCUT2D eigenvalue weighted by molar-refractivity contribution is 0.750. The van der Waals surface area contributed by atoms with Crippen LogP contribution >= 0.6 is 0 Å². The number of rotatable bonds is 1. The molecule has 0 saturated heterocycles. The zero-order valence-corrected chi connectivity index (χ0v) is 9.07. The fourth-order valence-electron chi connectivity index (χ4n) is 1.85. The van der Waals surface area contributed by atoms with Gasteiger partial charge in [0.25, 0.3) is 0 Å². The number of imidazole rings is 1. The molecule has 3 nitrogen and oxygen atoms in total. The quantitative estimate of drug-likeness (QED) is 0.689. The lowest BCUT2D eigenvalue weighted by Gasteiger charge is -2.05. The number of aryl methyl sites for hydroxylation is 2. The Kier molecular flexibility index (Phi) is 2.02. The first-order valence-corrected chi connectivity index (χ1v) is 4.92. The van der Waals surface area contributed by atoms with Crippen molar-refractivity contribution < 1.29 is 0 Å². The fraction of sp³-hybridized carbons (Fsp3) is 0.455. The Balaban J connectivity index is 2.83. The van der Waals surface area contributed by atoms with Crippen LogP contribution in [-0.4, -0.2) is 14.6 Å². The molecule has 0 aliphatic rings. The van der Waals surface area contributed by atoms with Gasteiger partial charge in [-0.25, -0.2) is 9.50 Å². The van der Waals surface area contributed by atoms with E-state index in [9.17, 15) is 0 Å². The summed E-state index contributed by atoms with van der Waals surface area (Å²) in [5.41, 5.74) is 4.45. The lowest BCUT2D eigenvalue weighted by Crippen LogP contribution is -2.00. The molecule has 0 aliphatic heterocycles. The van der Waals surface area contributed by atoms with E-state index < -0.39 is 0 Å². The Morgan fingerprint density at radius 1 is 1.29 bits per heavy atom. The van der Waals surface area contributed by atoms with Gasteiger partial charge in [-0.2, -0.15) is 5.10 Å². The van der Waals surface area contributed by atoms with Gasteiger partial charge in [0.1, 0.15) is 0 Å². The van der Waals surface area contributed by atoms with Crippen LogP contribution in [0.1, 0.15) is 36.7 Å². The summed E-state index contributed by atoms with van der Waals surface area (Å²) < 4.78 is 1.95. The maximum absolute atomic E-state index is 4.53. The van der Waals surface area contributed by atoms with Gasteiger partial charge < -0.3 is 0 Å². The van der Waals surface area contributed by atoms with E-state index in [4.69, 9.17) is 0 Å². The molecule has 0 unspecified atom stereocenters. The first kappa shape index (κ1) is 9.19. The highest BCUT2D eigenvalue weighted by Crippen LogP contribution is 2.20. The van der Waals surface area contributed by atoms with Crippen molar-refractivity contribution in [1.29, 1.82) is 0 Å². The highest BCUT2D eigenvalue weighted by atomic mass is 15.3. The number of hydrogen-bond donors (Lipinski definition) is 0. The third-order valence-electron chi connectivity index (χ3n) is 2.48. The second kappa shape index (κ2) is 3.08. The molecule has 3 heteroatoms. The molecule has 0 fully saturated rings. The van der Waals surface area contributed by atoms with Crippen molar-refractivity contribution in [1.82, 2.24) is 14.6 Å². The highest BCUT2D eigenvalue weighted by Gasteiger charge is 2.13. The van der Waals surface area contributed by atoms with Gasteiger partial charge in [0.05, 0.1) is 11.4 Å². The molecule has 0 N–H and O–H groups in total. The molecule has 74 valence electrons. The van der Waals surface area contributed by atoms with Crippen LogP contribution in [0.15, 0.2) is 12.3 Å². The predicted molar refractivity (Wildman–Crippen MR) is 56.6 cm³/mol. The summed E-state index contributed by atoms with van der Waals surface area (Å²) >= 11 is 0. The van der Waals surface area contributed by atoms with Gasteiger partial charge in [-0.15, -0.1) is 0 Å². The molecule has 0 aromatic carbocycles. The van der Waals surface area contributed by atoms with Crippen molar-refractivity contribution in [2.24, 2.45) is 0 Å². The molecule has 0 aliphatic carbocycles. The molecule has 2 aromatic rings. The third kappa shape index (κ3) is 1.20. The minimum absolute atomic E-state index is 0.458. The summed E-state index contributed by atoms with van der Waals surface area (Å²) in [5.74, 6) is 0.458. The molecule has 0 saturated carbocycles. The molecule has 2 aromatic heterocycles. The standard InChI is InChI=1S/C11H15N3/c1-7(2)10-9(4)13-11-8(3)5-6-12-14(10)11/h5-7H,1-4H3. The Labute approximate surface area is 83.8 Å². The van der Waals surface area contributed by atoms with E-state index in [0.717, 1.165) is 11.3 Å². The molecule has 2 heterocycles. The second-order valence-corrected chi connectivity index (χ2v) is 3.99. The molecular formula is C11H15N3. The first-order valence-electron chi connectivity index (χ1n) is 4.92. The molecule has 14 heavy (non-hydrogen) atoms. The van der Waals surface area contributed by atoms with Crippen LogP contribution in [0.4, 0.5) is 0 Å². The number of aromatic nitrogens is 3. The molecule has 2 rings (SSSR count). The maximum atomic E-state index is 4.53. The summed E-state index contributed by atoms with van der Waals surface area (Å²) in [7, 11) is 0. The molecule has 0 amide bonds. The fourth-order valence-corrected chi connectivity index (χ4v) is 1.85. The number of nitrogens with zero attached hydrogens (tertiary/aromatic N) is 3. The second-order valence-electron chi connectivity index (χ2n) is 3.99. The van der Waals surface area contributed by atoms with Crippen LogP contribution in [0.2, 0.25) is 0 Å². The van der Waals surface area contributed by atoms with Crippen molar-refractivity contribution >= 4 is 5.65 Å². The van der Waals surface area contributed by atoms with Crippen molar-refractivity contribution in [2.45, 2.75) is 33.6 Å². The zero-order chi connectivity index (χ0) is 10.3. The van der Waals surface area contributed by atoms with E-state index in [1.807, 2.05) is 23.7 Å². The van der Waals surface area contributed by atoms with Crippen LogP contribution < -0.4 is 0 Å². The zero-order valence-electron chi connectivity index (χ0n) is 9.07. The summed E-state index contributed by atoms with van der Waals surface area (Å²) in [6.45, 7) is 8.44. The average Bonchev–Trinajstić information content (AvgIpc) is 2.42. The van der Waals surface area contributed by atoms with Gasteiger partial charge in [-0.3, -0.25) is 0 Å². The summed E-state index contributed by atoms with van der Waals surface area (Å²) in [6, 6.07) is 1.99. The van der Waals surface area contributed by atoms with E-state index in [1.165, 1.54) is 11.3 Å². The average molecular weight is 189 g/mol. The minimum atomic E-state index is 0.458. The maximum Gasteiger partial charge on any atom is 0.156 e. The summed E-state index contributed by atoms with van der Waals surface area (Å²) in [5, 5.41) is 4.34. The number of fused-ring (bicyclic) bond motifs is 1. The van der Waals surface area contributed by atoms with Crippen LogP contribution in [0, 0.1) is 13.8 Å². The van der Waals surface area contributed by atoms with E-state index >= 15 is 0 Å². The van der Waals surface area contributed by atoms with Gasteiger partial charge in [-0.1, -0.05) is 13.8 Å². The third-order valence-corrected chi connectivity index (χ3v) is 2.48. The normalized spacial score (nSPS) is 11.5. The van der Waals surface area contributed by atoms with Crippen LogP contribution in [0.25, 0.3) is 5.65 Å². The van der Waals surface area contributed by atoms with E-state index in [0.29, 0.717) is 5.92 Å². The lowest BCUT2D eigenvalue weighted by atomic mass is 10.1. The molecule has 0 spiro atoms. The molecule has 0 atom stereocenters. The highest BCUT2D eigenvalue weighted by molar-refractivity contribution is 5.48. The van der Waals surface area contributed by atoms with Crippen molar-refractivity contribution in [2.75, 3.05) is 0 Å². The Bertz CT molecular complexity index is 469. The first-order chi connectivity index (χ1) is 6.61.